The molecule has 3 aromatic carbocycles. The highest BCUT2D eigenvalue weighted by atomic mass is 16.2. The highest BCUT2D eigenvalue weighted by molar-refractivity contribution is 5.81. The van der Waals surface area contributed by atoms with Crippen LogP contribution in [-0.2, 0) is 35.5 Å². The molecule has 4 aromatic rings. The minimum absolute atomic E-state index is 0.0124. The smallest absolute Gasteiger partial charge is 0.243 e. The highest BCUT2D eigenvalue weighted by Crippen LogP contribution is 2.19. The minimum Gasteiger partial charge on any atom is -0.356 e. The summed E-state index contributed by atoms with van der Waals surface area (Å²) >= 11 is 0. The van der Waals surface area contributed by atoms with Gasteiger partial charge >= 0.3 is 0 Å². The van der Waals surface area contributed by atoms with Crippen LogP contribution in [-0.4, -0.2) is 38.9 Å². The van der Waals surface area contributed by atoms with Crippen molar-refractivity contribution >= 4 is 22.8 Å². The second kappa shape index (κ2) is 12.2. The van der Waals surface area contributed by atoms with Crippen molar-refractivity contribution in [3.63, 3.8) is 0 Å². The molecule has 0 aliphatic heterocycles. The first-order valence-electron chi connectivity index (χ1n) is 12.6. The molecule has 36 heavy (non-hydrogen) atoms. The van der Waals surface area contributed by atoms with Crippen molar-refractivity contribution in [2.45, 2.75) is 52.2 Å². The number of benzene rings is 3. The minimum atomic E-state index is 0.0124. The average molecular weight is 483 g/mol. The van der Waals surface area contributed by atoms with Crippen LogP contribution in [0.4, 0.5) is 0 Å². The number of rotatable bonds is 11. The number of nitrogens with zero attached hydrogens (tertiary/aromatic N) is 3. The van der Waals surface area contributed by atoms with Gasteiger partial charge in [-0.05, 0) is 43.5 Å². The second-order valence-electron chi connectivity index (χ2n) is 9.32. The number of aromatic nitrogens is 2. The molecule has 0 bridgehead atoms. The molecule has 0 saturated carbocycles. The Hall–Kier alpha value is -3.93. The molecule has 0 radical (unpaired) electrons. The third-order valence-corrected chi connectivity index (χ3v) is 6.27. The van der Waals surface area contributed by atoms with Gasteiger partial charge in [0, 0.05) is 25.6 Å². The number of carbonyl (C=O) groups is 2. The predicted molar refractivity (Wildman–Crippen MR) is 143 cm³/mol. The lowest BCUT2D eigenvalue weighted by Gasteiger charge is -2.27. The van der Waals surface area contributed by atoms with Crippen molar-refractivity contribution in [1.29, 1.82) is 0 Å². The van der Waals surface area contributed by atoms with E-state index in [1.165, 1.54) is 0 Å². The number of aryl methyl sites for hydroxylation is 1. The van der Waals surface area contributed by atoms with Gasteiger partial charge in [0.25, 0.3) is 0 Å². The fraction of sp³-hybridized carbons (Fsp3) is 0.300. The maximum Gasteiger partial charge on any atom is 0.243 e. The van der Waals surface area contributed by atoms with E-state index in [9.17, 15) is 9.59 Å². The van der Waals surface area contributed by atoms with Gasteiger partial charge in [0.2, 0.25) is 11.8 Å². The Morgan fingerprint density at radius 1 is 0.889 bits per heavy atom. The maximum atomic E-state index is 13.5. The van der Waals surface area contributed by atoms with Crippen molar-refractivity contribution in [3.8, 4) is 0 Å². The van der Waals surface area contributed by atoms with Gasteiger partial charge in [-0.1, -0.05) is 72.8 Å². The number of carbonyl (C=O) groups excluding carboxylic acids is 2. The monoisotopic (exact) mass is 482 g/mol. The summed E-state index contributed by atoms with van der Waals surface area (Å²) in [6.07, 6.45) is 1.80. The topological polar surface area (TPSA) is 67.2 Å². The molecule has 0 fully saturated rings. The van der Waals surface area contributed by atoms with Crippen LogP contribution in [0, 0.1) is 0 Å². The Morgan fingerprint density at radius 3 is 2.22 bits per heavy atom. The molecule has 4 rings (SSSR count). The van der Waals surface area contributed by atoms with Crippen LogP contribution in [0.1, 0.15) is 37.2 Å². The molecule has 0 spiro atoms. The molecular formula is C30H34N4O2. The zero-order valence-corrected chi connectivity index (χ0v) is 21.1. The van der Waals surface area contributed by atoms with Crippen molar-refractivity contribution in [2.75, 3.05) is 6.54 Å². The second-order valence-corrected chi connectivity index (χ2v) is 9.32. The van der Waals surface area contributed by atoms with E-state index in [4.69, 9.17) is 4.98 Å². The lowest BCUT2D eigenvalue weighted by atomic mass is 10.1. The molecule has 0 atom stereocenters. The first-order chi connectivity index (χ1) is 17.5. The van der Waals surface area contributed by atoms with Gasteiger partial charge in [-0.25, -0.2) is 4.98 Å². The first-order valence-corrected chi connectivity index (χ1v) is 12.6. The van der Waals surface area contributed by atoms with Gasteiger partial charge in [0.15, 0.2) is 0 Å². The van der Waals surface area contributed by atoms with E-state index in [0.29, 0.717) is 25.9 Å². The summed E-state index contributed by atoms with van der Waals surface area (Å²) in [7, 11) is 0. The fourth-order valence-corrected chi connectivity index (χ4v) is 4.38. The number of fused-ring (bicyclic) bond motifs is 1. The molecule has 0 aliphatic carbocycles. The van der Waals surface area contributed by atoms with Gasteiger partial charge < -0.3 is 14.8 Å². The molecule has 6 heteroatoms. The zero-order chi connectivity index (χ0) is 25.3. The Bertz CT molecular complexity index is 1280. The molecule has 1 aromatic heterocycles. The van der Waals surface area contributed by atoms with Gasteiger partial charge in [-0.2, -0.15) is 0 Å². The summed E-state index contributed by atoms with van der Waals surface area (Å²) in [5, 5.41) is 3.00. The number of amides is 2. The third-order valence-electron chi connectivity index (χ3n) is 6.27. The van der Waals surface area contributed by atoms with Crippen molar-refractivity contribution in [3.05, 3.63) is 102 Å². The summed E-state index contributed by atoms with van der Waals surface area (Å²) in [5.41, 5.74) is 3.95. The van der Waals surface area contributed by atoms with Crippen LogP contribution in [0.5, 0.6) is 0 Å². The van der Waals surface area contributed by atoms with Crippen LogP contribution >= 0.6 is 0 Å². The van der Waals surface area contributed by atoms with Crippen LogP contribution in [0.25, 0.3) is 11.0 Å². The Kier molecular flexibility index (Phi) is 8.50. The molecule has 2 amide bonds. The molecule has 1 heterocycles. The summed E-state index contributed by atoms with van der Waals surface area (Å²) in [5.74, 6) is 0.943. The molecular weight excluding hydrogens is 448 g/mol. The van der Waals surface area contributed by atoms with E-state index >= 15 is 0 Å². The summed E-state index contributed by atoms with van der Waals surface area (Å²) < 4.78 is 2.03. The van der Waals surface area contributed by atoms with Crippen LogP contribution in [0.3, 0.4) is 0 Å². The lowest BCUT2D eigenvalue weighted by molar-refractivity contribution is -0.134. The normalized spacial score (nSPS) is 11.1. The first kappa shape index (κ1) is 25.2. The fourth-order valence-electron chi connectivity index (χ4n) is 4.38. The summed E-state index contributed by atoms with van der Waals surface area (Å²) in [6, 6.07) is 27.8. The number of nitrogens with one attached hydrogen (secondary N) is 1. The zero-order valence-electron chi connectivity index (χ0n) is 21.1. The SMILES string of the molecule is CC(C)N(Cc1ccccc1)C(=O)Cn1c(CCCNC(=O)Cc2ccccc2)nc2ccccc21. The number of para-hydroxylation sites is 2. The number of imidazole rings is 1. The van der Waals surface area contributed by atoms with Crippen molar-refractivity contribution in [2.24, 2.45) is 0 Å². The Balaban J connectivity index is 1.41. The number of hydrogen-bond acceptors (Lipinski definition) is 3. The molecule has 6 nitrogen and oxygen atoms in total. The standard InChI is InChI=1S/C30H34N4O2/c1-23(2)33(21-25-14-7-4-8-15-25)30(36)22-34-27-17-10-9-16-26(27)32-28(34)18-11-19-31-29(35)20-24-12-5-3-6-13-24/h3-10,12-17,23H,11,18-22H2,1-2H3,(H,31,35). The summed E-state index contributed by atoms with van der Waals surface area (Å²) in [4.78, 5) is 32.5. The summed E-state index contributed by atoms with van der Waals surface area (Å²) in [6.45, 7) is 5.47. The van der Waals surface area contributed by atoms with E-state index < -0.39 is 0 Å². The van der Waals surface area contributed by atoms with E-state index in [1.54, 1.807) is 0 Å². The molecule has 1 N–H and O–H groups in total. The van der Waals surface area contributed by atoms with E-state index in [-0.39, 0.29) is 24.4 Å². The maximum absolute atomic E-state index is 13.5. The van der Waals surface area contributed by atoms with Crippen LogP contribution in [0.2, 0.25) is 0 Å². The largest absolute Gasteiger partial charge is 0.356 e. The van der Waals surface area contributed by atoms with Crippen LogP contribution in [0.15, 0.2) is 84.9 Å². The van der Waals surface area contributed by atoms with Gasteiger partial charge in [-0.3, -0.25) is 9.59 Å². The van der Waals surface area contributed by atoms with Gasteiger partial charge in [0.1, 0.15) is 12.4 Å². The third kappa shape index (κ3) is 6.60. The highest BCUT2D eigenvalue weighted by Gasteiger charge is 2.20. The molecule has 186 valence electrons. The van der Waals surface area contributed by atoms with E-state index in [1.807, 2.05) is 108 Å². The van der Waals surface area contributed by atoms with Crippen molar-refractivity contribution < 1.29 is 9.59 Å². The molecule has 0 saturated heterocycles. The number of hydrogen-bond donors (Lipinski definition) is 1. The van der Waals surface area contributed by atoms with Crippen molar-refractivity contribution in [1.82, 2.24) is 19.8 Å². The quantitative estimate of drug-likeness (QED) is 0.313. The molecule has 0 aliphatic rings. The van der Waals surface area contributed by atoms with Crippen LogP contribution < -0.4 is 5.32 Å². The van der Waals surface area contributed by atoms with Gasteiger partial charge in [0.05, 0.1) is 17.5 Å². The Morgan fingerprint density at radius 2 is 1.53 bits per heavy atom. The molecule has 0 unspecified atom stereocenters. The average Bonchev–Trinajstić information content (AvgIpc) is 3.23. The van der Waals surface area contributed by atoms with E-state index in [0.717, 1.165) is 34.4 Å². The predicted octanol–water partition coefficient (Wildman–Crippen LogP) is 4.77. The Labute approximate surface area is 213 Å². The van der Waals surface area contributed by atoms with Gasteiger partial charge in [-0.15, -0.1) is 0 Å². The lowest BCUT2D eigenvalue weighted by Crippen LogP contribution is -2.38. The van der Waals surface area contributed by atoms with E-state index in [2.05, 4.69) is 5.32 Å².